The Morgan fingerprint density at radius 3 is 2.07 bits per heavy atom. The molecule has 2 N–H and O–H groups in total. The minimum Gasteiger partial charge on any atom is -0.368 e. The number of halogens is 1. The molecule has 3 aromatic rings. The molecule has 0 saturated carbocycles. The maximum Gasteiger partial charge on any atom is 0.158 e. The molecule has 0 radical (unpaired) electrons. The van der Waals surface area contributed by atoms with Gasteiger partial charge in [0.1, 0.15) is 0 Å². The molecule has 0 aliphatic rings. The van der Waals surface area contributed by atoms with E-state index < -0.39 is 12.6 Å². The van der Waals surface area contributed by atoms with E-state index in [0.29, 0.717) is 5.02 Å². The molecule has 2 unspecified atom stereocenters. The van der Waals surface area contributed by atoms with Crippen LogP contribution in [-0.4, -0.2) is 47.0 Å². The molecule has 2 aromatic carbocycles. The van der Waals surface area contributed by atoms with Gasteiger partial charge in [-0.2, -0.15) is 0 Å². The number of aryl methyl sites for hydroxylation is 1. The van der Waals surface area contributed by atoms with Crippen LogP contribution in [0.15, 0.2) is 42.5 Å². The maximum absolute atomic E-state index is 8.70. The van der Waals surface area contributed by atoms with Gasteiger partial charge in [-0.25, -0.2) is 0 Å². The SMILES string of the molecule is COC(O)CC(O)OC.Cc1nc2ccccc2nc1-c1[c-]cc(Cl)cc1.[Pt]. The van der Waals surface area contributed by atoms with Gasteiger partial charge in [-0.05, 0) is 24.1 Å². The van der Waals surface area contributed by atoms with Crippen LogP contribution < -0.4 is 0 Å². The van der Waals surface area contributed by atoms with Crippen LogP contribution in [0.25, 0.3) is 22.3 Å². The van der Waals surface area contributed by atoms with Crippen LogP contribution in [0.3, 0.4) is 0 Å². The van der Waals surface area contributed by atoms with Gasteiger partial charge in [0.2, 0.25) is 0 Å². The first-order chi connectivity index (χ1) is 12.9. The Morgan fingerprint density at radius 2 is 1.57 bits per heavy atom. The molecular weight excluding hydrogens is 563 g/mol. The molecule has 1 heterocycles. The molecular formula is C20H22ClN2O4Pt-. The van der Waals surface area contributed by atoms with Crippen molar-refractivity contribution < 1.29 is 40.8 Å². The number of aliphatic hydroxyl groups excluding tert-OH is 2. The second kappa shape index (κ2) is 12.2. The number of hydrogen-bond donors (Lipinski definition) is 2. The van der Waals surface area contributed by atoms with Crippen LogP contribution in [0.2, 0.25) is 5.02 Å². The number of aliphatic hydroxyl groups is 2. The quantitative estimate of drug-likeness (QED) is 0.354. The summed E-state index contributed by atoms with van der Waals surface area (Å²) in [5.41, 5.74) is 4.46. The van der Waals surface area contributed by atoms with Crippen molar-refractivity contribution in [2.75, 3.05) is 14.2 Å². The molecule has 0 saturated heterocycles. The minimum absolute atomic E-state index is 0. The smallest absolute Gasteiger partial charge is 0.158 e. The Labute approximate surface area is 183 Å². The Morgan fingerprint density at radius 1 is 1.00 bits per heavy atom. The number of aromatic nitrogens is 2. The van der Waals surface area contributed by atoms with Gasteiger partial charge < -0.3 is 19.7 Å². The predicted octanol–water partition coefficient (Wildman–Crippen LogP) is 3.36. The normalized spacial score (nSPS) is 12.5. The summed E-state index contributed by atoms with van der Waals surface area (Å²) in [4.78, 5) is 9.20. The molecule has 154 valence electrons. The number of rotatable bonds is 5. The summed E-state index contributed by atoms with van der Waals surface area (Å²) in [6.45, 7) is 1.96. The number of methoxy groups -OCH3 is 2. The molecule has 0 spiro atoms. The van der Waals surface area contributed by atoms with E-state index in [0.717, 1.165) is 28.0 Å². The summed E-state index contributed by atoms with van der Waals surface area (Å²) in [7, 11) is 2.71. The first-order valence-corrected chi connectivity index (χ1v) is 8.65. The summed E-state index contributed by atoms with van der Waals surface area (Å²) in [5, 5.41) is 18.1. The Hall–Kier alpha value is -1.40. The van der Waals surface area contributed by atoms with Crippen LogP contribution >= 0.6 is 11.6 Å². The molecule has 0 bridgehead atoms. The van der Waals surface area contributed by atoms with E-state index in [4.69, 9.17) is 21.8 Å². The van der Waals surface area contributed by atoms with E-state index in [1.54, 1.807) is 6.07 Å². The van der Waals surface area contributed by atoms with Gasteiger partial charge in [-0.3, -0.25) is 9.97 Å². The van der Waals surface area contributed by atoms with Crippen LogP contribution in [0.5, 0.6) is 0 Å². The van der Waals surface area contributed by atoms with Crippen LogP contribution in [0.4, 0.5) is 0 Å². The van der Waals surface area contributed by atoms with Crippen LogP contribution in [-0.2, 0) is 30.5 Å². The fourth-order valence-corrected chi connectivity index (χ4v) is 2.38. The first kappa shape index (κ1) is 24.6. The summed E-state index contributed by atoms with van der Waals surface area (Å²) in [6, 6.07) is 16.5. The molecule has 0 aliphatic carbocycles. The third-order valence-electron chi connectivity index (χ3n) is 3.72. The van der Waals surface area contributed by atoms with Crippen molar-refractivity contribution in [3.63, 3.8) is 0 Å². The fraction of sp³-hybridized carbons (Fsp3) is 0.300. The molecule has 0 aliphatic heterocycles. The van der Waals surface area contributed by atoms with Crippen molar-refractivity contribution in [3.05, 3.63) is 59.2 Å². The Bertz CT molecular complexity index is 856. The molecule has 0 fully saturated rings. The summed E-state index contributed by atoms with van der Waals surface area (Å²) in [6.07, 6.45) is -1.81. The third kappa shape index (κ3) is 7.21. The zero-order valence-corrected chi connectivity index (χ0v) is 18.7. The van der Waals surface area contributed by atoms with Crippen LogP contribution in [0.1, 0.15) is 12.1 Å². The molecule has 1 aromatic heterocycles. The van der Waals surface area contributed by atoms with Gasteiger partial charge in [-0.15, -0.1) is 41.4 Å². The topological polar surface area (TPSA) is 84.7 Å². The third-order valence-corrected chi connectivity index (χ3v) is 3.96. The minimum atomic E-state index is -0.944. The van der Waals surface area contributed by atoms with E-state index >= 15 is 0 Å². The Balaban J connectivity index is 0.000000339. The van der Waals surface area contributed by atoms with E-state index in [1.165, 1.54) is 14.2 Å². The number of ether oxygens (including phenoxy) is 2. The zero-order valence-electron chi connectivity index (χ0n) is 15.7. The fourth-order valence-electron chi connectivity index (χ4n) is 2.26. The van der Waals surface area contributed by atoms with E-state index in [2.05, 4.69) is 25.5 Å². The Kier molecular flexibility index (Phi) is 10.8. The van der Waals surface area contributed by atoms with Crippen molar-refractivity contribution in [2.24, 2.45) is 0 Å². The number of benzene rings is 2. The van der Waals surface area contributed by atoms with Crippen molar-refractivity contribution in [2.45, 2.75) is 25.9 Å². The number of nitrogens with zero attached hydrogens (tertiary/aromatic N) is 2. The number of para-hydroxylation sites is 2. The van der Waals surface area contributed by atoms with Gasteiger partial charge in [-0.1, -0.05) is 12.1 Å². The summed E-state index contributed by atoms with van der Waals surface area (Å²) in [5.74, 6) is 0. The summed E-state index contributed by atoms with van der Waals surface area (Å²) >= 11 is 5.87. The van der Waals surface area contributed by atoms with E-state index in [-0.39, 0.29) is 27.5 Å². The second-order valence-corrected chi connectivity index (χ2v) is 6.12. The average molecular weight is 585 g/mol. The number of hydrogen-bond acceptors (Lipinski definition) is 6. The molecule has 6 nitrogen and oxygen atoms in total. The van der Waals surface area contributed by atoms with Gasteiger partial charge in [0.25, 0.3) is 0 Å². The largest absolute Gasteiger partial charge is 0.368 e. The van der Waals surface area contributed by atoms with Crippen molar-refractivity contribution >= 4 is 22.6 Å². The van der Waals surface area contributed by atoms with E-state index in [9.17, 15) is 0 Å². The van der Waals surface area contributed by atoms with Crippen molar-refractivity contribution in [3.8, 4) is 11.3 Å². The summed E-state index contributed by atoms with van der Waals surface area (Å²) < 4.78 is 8.88. The molecule has 8 heteroatoms. The maximum atomic E-state index is 8.70. The predicted molar refractivity (Wildman–Crippen MR) is 104 cm³/mol. The number of fused-ring (bicyclic) bond motifs is 1. The van der Waals surface area contributed by atoms with Gasteiger partial charge in [0.05, 0.1) is 11.0 Å². The molecule has 28 heavy (non-hydrogen) atoms. The van der Waals surface area contributed by atoms with Crippen molar-refractivity contribution in [1.29, 1.82) is 0 Å². The van der Waals surface area contributed by atoms with Gasteiger partial charge in [0.15, 0.2) is 12.6 Å². The zero-order chi connectivity index (χ0) is 19.8. The average Bonchev–Trinajstić information content (AvgIpc) is 2.68. The molecule has 2 atom stereocenters. The van der Waals surface area contributed by atoms with Crippen LogP contribution in [0, 0.1) is 13.0 Å². The first-order valence-electron chi connectivity index (χ1n) is 8.27. The van der Waals surface area contributed by atoms with E-state index in [1.807, 2.05) is 43.3 Å². The molecule has 3 rings (SSSR count). The van der Waals surface area contributed by atoms with Gasteiger partial charge in [0, 0.05) is 53.1 Å². The molecule has 0 amide bonds. The second-order valence-electron chi connectivity index (χ2n) is 5.68. The standard InChI is InChI=1S/C15H10ClN2.C5H12O4.Pt/c1-10-15(11-6-8-12(16)9-7-11)18-14-5-3-2-4-13(14)17-10;1-8-4(6)3-5(7)9-2;/h2-6,8-9H,1H3;4-7H,3H2,1-2H3;/q-1;;. The monoisotopic (exact) mass is 584 g/mol. The van der Waals surface area contributed by atoms with Gasteiger partial charge >= 0.3 is 0 Å². The van der Waals surface area contributed by atoms with Crippen molar-refractivity contribution in [1.82, 2.24) is 9.97 Å².